The molecule has 4 heterocycles. The van der Waals surface area contributed by atoms with Crippen LogP contribution in [0.2, 0.25) is 0 Å². The number of nitrogens with zero attached hydrogens (tertiary/aromatic N) is 2. The maximum Gasteiger partial charge on any atom is 0.326 e. The summed E-state index contributed by atoms with van der Waals surface area (Å²) in [6.45, 7) is 16.9. The maximum atomic E-state index is 14.0. The molecule has 4 aliphatic heterocycles. The highest BCUT2D eigenvalue weighted by Crippen LogP contribution is 2.47. The largest absolute Gasteiger partial charge is 0.484 e. The van der Waals surface area contributed by atoms with Crippen molar-refractivity contribution in [1.29, 1.82) is 0 Å². The molecule has 2 aromatic rings. The van der Waals surface area contributed by atoms with Crippen molar-refractivity contribution in [1.82, 2.24) is 9.80 Å². The number of benzene rings is 2. The zero-order valence-electron chi connectivity index (χ0n) is 38.7. The van der Waals surface area contributed by atoms with Crippen molar-refractivity contribution in [2.75, 3.05) is 18.0 Å². The second kappa shape index (κ2) is 19.4. The topological polar surface area (TPSA) is 189 Å². The Kier molecular flexibility index (Phi) is 14.6. The van der Waals surface area contributed by atoms with Crippen LogP contribution in [0.3, 0.4) is 0 Å². The molecule has 0 saturated heterocycles. The molecular formula is C51H70N4O8. The van der Waals surface area contributed by atoms with Gasteiger partial charge < -0.3 is 46.1 Å². The lowest BCUT2D eigenvalue weighted by Crippen LogP contribution is -2.49. The quantitative estimate of drug-likeness (QED) is 0.0716. The van der Waals surface area contributed by atoms with Crippen LogP contribution in [0.25, 0.3) is 0 Å². The summed E-state index contributed by atoms with van der Waals surface area (Å²) < 4.78 is 13.3. The van der Waals surface area contributed by atoms with E-state index in [1.807, 2.05) is 13.8 Å². The van der Waals surface area contributed by atoms with Crippen LogP contribution in [-0.4, -0.2) is 78.9 Å². The lowest BCUT2D eigenvalue weighted by Gasteiger charge is -2.41. The van der Waals surface area contributed by atoms with Gasteiger partial charge in [-0.2, -0.15) is 0 Å². The number of carbonyl (C=O) groups is 3. The lowest BCUT2D eigenvalue weighted by molar-refractivity contribution is -0.142. The molecule has 5 atom stereocenters. The number of aliphatic hydroxyl groups excluding tert-OH is 2. The van der Waals surface area contributed by atoms with E-state index in [9.17, 15) is 29.7 Å². The summed E-state index contributed by atoms with van der Waals surface area (Å²) in [4.78, 5) is 43.7. The molecule has 0 aromatic heterocycles. The van der Waals surface area contributed by atoms with Gasteiger partial charge in [0.25, 0.3) is 11.8 Å². The number of aliphatic carboxylic acids is 1. The highest BCUT2D eigenvalue weighted by molar-refractivity contribution is 6.03. The Labute approximate surface area is 373 Å². The molecule has 0 radical (unpaired) electrons. The number of nitrogens with two attached hydrogens (primary N) is 2. The minimum atomic E-state index is -1.17. The molecule has 0 bridgehead atoms. The molecule has 63 heavy (non-hydrogen) atoms. The van der Waals surface area contributed by atoms with Crippen LogP contribution in [0.4, 0.5) is 11.4 Å². The third-order valence-corrected chi connectivity index (χ3v) is 13.6. The van der Waals surface area contributed by atoms with Gasteiger partial charge in [0.2, 0.25) is 0 Å². The number of ether oxygens (including phenoxy) is 2. The summed E-state index contributed by atoms with van der Waals surface area (Å²) in [6.07, 6.45) is 14.7. The minimum Gasteiger partial charge on any atom is -0.484 e. The molecular weight excluding hydrogens is 797 g/mol. The maximum absolute atomic E-state index is 14.0. The number of hydrogen-bond donors (Lipinski definition) is 5. The standard InChI is InChI=1S/C51H70N4O8/c1-30(2)14-9-16-32(5)18-11-21-50(7)43(56)26-36-40(52)24-34-38(45(36)62-50)28-54(47(34)58)23-13-20-42(49(60)61)55-29-39-35(48(55)59)25-41(53)37-27-44(57)51(8,63-46(37)39)22-12-19-33(6)17-10-15-31(3)4/h14-15,18-19,24-25,42-44,56-57H,9-13,16-17,20-23,26-29,52-53H2,1-8H3,(H,60,61)/b32-18+,33-19+/t42-,43-,44-,50+,51+/m0/s1. The van der Waals surface area contributed by atoms with Crippen molar-refractivity contribution >= 4 is 29.2 Å². The van der Waals surface area contributed by atoms with Crippen molar-refractivity contribution in [3.05, 3.63) is 92.1 Å². The van der Waals surface area contributed by atoms with Gasteiger partial charge in [0.15, 0.2) is 0 Å². The van der Waals surface area contributed by atoms with E-state index in [0.29, 0.717) is 82.8 Å². The molecule has 0 unspecified atom stereocenters. The molecule has 0 fully saturated rings. The van der Waals surface area contributed by atoms with Crippen molar-refractivity contribution in [3.8, 4) is 11.5 Å². The van der Waals surface area contributed by atoms with Gasteiger partial charge in [-0.3, -0.25) is 9.59 Å². The molecule has 6 rings (SSSR count). The Bertz CT molecular complexity index is 2230. The van der Waals surface area contributed by atoms with E-state index in [-0.39, 0.29) is 38.4 Å². The number of carboxylic acid groups (broad SMARTS) is 1. The fourth-order valence-corrected chi connectivity index (χ4v) is 9.49. The van der Waals surface area contributed by atoms with Crippen LogP contribution < -0.4 is 20.9 Å². The Hall–Kier alpha value is -5.07. The Morgan fingerprint density at radius 3 is 1.65 bits per heavy atom. The fraction of sp³-hybridized carbons (Fsp3) is 0.549. The Morgan fingerprint density at radius 2 is 1.19 bits per heavy atom. The SMILES string of the molecule is CC(C)=CCC/C(C)=C/CC[C@@]1(C)Oc2c(c(N)cc3c2CN(CCC[C@@H](C(=O)O)N2Cc4c(cc(N)c5c4O[C@](C)(CC/C=C(\C)CCC=C(C)C)[C@@H](O)C5)C2=O)C3=O)C[C@@H]1O. The summed E-state index contributed by atoms with van der Waals surface area (Å²) in [5, 5.41) is 33.1. The van der Waals surface area contributed by atoms with Crippen molar-refractivity contribution in [2.24, 2.45) is 0 Å². The first-order chi connectivity index (χ1) is 29.7. The second-order valence-electron chi connectivity index (χ2n) is 19.3. The number of anilines is 2. The van der Waals surface area contributed by atoms with Crippen LogP contribution in [0.1, 0.15) is 163 Å². The van der Waals surface area contributed by atoms with Gasteiger partial charge in [0.05, 0.1) is 36.4 Å². The highest BCUT2D eigenvalue weighted by atomic mass is 16.5. The molecule has 342 valence electrons. The monoisotopic (exact) mass is 867 g/mol. The first-order valence-corrected chi connectivity index (χ1v) is 22.8. The van der Waals surface area contributed by atoms with E-state index in [0.717, 1.165) is 37.7 Å². The first kappa shape index (κ1) is 47.4. The zero-order valence-corrected chi connectivity index (χ0v) is 38.7. The van der Waals surface area contributed by atoms with Gasteiger partial charge in [0, 0.05) is 53.0 Å². The predicted octanol–water partition coefficient (Wildman–Crippen LogP) is 8.75. The number of fused-ring (bicyclic) bond motifs is 6. The normalized spacial score (nSPS) is 23.3. The number of hydrogen-bond acceptors (Lipinski definition) is 9. The highest BCUT2D eigenvalue weighted by Gasteiger charge is 2.47. The van der Waals surface area contributed by atoms with Crippen LogP contribution in [-0.2, 0) is 30.7 Å². The summed E-state index contributed by atoms with van der Waals surface area (Å²) in [5.74, 6) is -0.800. The van der Waals surface area contributed by atoms with E-state index >= 15 is 0 Å². The number of aliphatic hydroxyl groups is 2. The Balaban J connectivity index is 1.11. The van der Waals surface area contributed by atoms with E-state index in [4.69, 9.17) is 20.9 Å². The van der Waals surface area contributed by atoms with E-state index in [1.54, 1.807) is 17.0 Å². The van der Waals surface area contributed by atoms with Gasteiger partial charge in [-0.15, -0.1) is 0 Å². The second-order valence-corrected chi connectivity index (χ2v) is 19.3. The van der Waals surface area contributed by atoms with Gasteiger partial charge in [-0.1, -0.05) is 46.6 Å². The molecule has 7 N–H and O–H groups in total. The molecule has 12 heteroatoms. The van der Waals surface area contributed by atoms with Gasteiger partial charge >= 0.3 is 5.97 Å². The molecule has 0 saturated carbocycles. The number of carboxylic acids is 1. The number of allylic oxidation sites excluding steroid dienone is 8. The molecule has 0 aliphatic carbocycles. The number of rotatable bonds is 18. The third-order valence-electron chi connectivity index (χ3n) is 13.6. The number of amides is 2. The van der Waals surface area contributed by atoms with Crippen molar-refractivity contribution in [3.63, 3.8) is 0 Å². The molecule has 2 aromatic carbocycles. The number of nitrogen functional groups attached to an aromatic ring is 2. The Morgan fingerprint density at radius 1 is 0.730 bits per heavy atom. The summed E-state index contributed by atoms with van der Waals surface area (Å²) in [7, 11) is 0. The van der Waals surface area contributed by atoms with Crippen LogP contribution in [0.5, 0.6) is 11.5 Å². The van der Waals surface area contributed by atoms with Crippen molar-refractivity contribution in [2.45, 2.75) is 175 Å². The first-order valence-electron chi connectivity index (χ1n) is 22.8. The minimum absolute atomic E-state index is 0.0238. The summed E-state index contributed by atoms with van der Waals surface area (Å²) in [5.41, 5.74) is 20.4. The fourth-order valence-electron chi connectivity index (χ4n) is 9.49. The number of carbonyl (C=O) groups excluding carboxylic acids is 2. The summed E-state index contributed by atoms with van der Waals surface area (Å²) in [6, 6.07) is 2.08. The predicted molar refractivity (Wildman–Crippen MR) is 248 cm³/mol. The van der Waals surface area contributed by atoms with Crippen LogP contribution >= 0.6 is 0 Å². The van der Waals surface area contributed by atoms with E-state index in [2.05, 4.69) is 65.8 Å². The van der Waals surface area contributed by atoms with E-state index in [1.165, 1.54) is 27.2 Å². The van der Waals surface area contributed by atoms with Gasteiger partial charge in [0.1, 0.15) is 28.7 Å². The zero-order chi connectivity index (χ0) is 46.0. The molecule has 0 spiro atoms. The molecule has 2 amide bonds. The van der Waals surface area contributed by atoms with E-state index < -0.39 is 41.3 Å². The smallest absolute Gasteiger partial charge is 0.326 e. The third kappa shape index (κ3) is 10.3. The molecule has 4 aliphatic rings. The lowest BCUT2D eigenvalue weighted by atomic mass is 9.84. The van der Waals surface area contributed by atoms with Crippen LogP contribution in [0, 0.1) is 0 Å². The van der Waals surface area contributed by atoms with Gasteiger partial charge in [-0.25, -0.2) is 4.79 Å². The van der Waals surface area contributed by atoms with Gasteiger partial charge in [-0.05, 0) is 132 Å². The summed E-state index contributed by atoms with van der Waals surface area (Å²) >= 11 is 0. The average Bonchev–Trinajstić information content (AvgIpc) is 3.69. The molecule has 12 nitrogen and oxygen atoms in total. The average molecular weight is 867 g/mol. The van der Waals surface area contributed by atoms with Crippen molar-refractivity contribution < 1.29 is 39.2 Å². The van der Waals surface area contributed by atoms with Crippen LogP contribution in [0.15, 0.2) is 58.7 Å².